The molecule has 0 unspecified atom stereocenters. The van der Waals surface area contributed by atoms with Gasteiger partial charge in [-0.1, -0.05) is 50.2 Å². The average Bonchev–Trinajstić information content (AvgIpc) is 3.20. The fourth-order valence-electron chi connectivity index (χ4n) is 3.63. The molecule has 6 nitrogen and oxygen atoms in total. The molecule has 3 rings (SSSR count). The lowest BCUT2D eigenvalue weighted by atomic mass is 9.91. The monoisotopic (exact) mass is 424 g/mol. The Morgan fingerprint density at radius 3 is 2.61 bits per heavy atom. The zero-order valence-electron chi connectivity index (χ0n) is 19.1. The lowest BCUT2D eigenvalue weighted by molar-refractivity contribution is -0.135. The first-order chi connectivity index (χ1) is 14.8. The van der Waals surface area contributed by atoms with Gasteiger partial charge in [0.15, 0.2) is 6.10 Å². The van der Waals surface area contributed by atoms with E-state index in [1.807, 2.05) is 53.4 Å². The molecule has 0 spiro atoms. The minimum Gasteiger partial charge on any atom is -0.497 e. The summed E-state index contributed by atoms with van der Waals surface area (Å²) in [6.45, 7) is 7.18. The third-order valence-electron chi connectivity index (χ3n) is 5.12. The lowest BCUT2D eigenvalue weighted by Crippen LogP contribution is -2.38. The van der Waals surface area contributed by atoms with Crippen LogP contribution >= 0.6 is 0 Å². The number of hydrogen-bond donors (Lipinski definition) is 0. The summed E-state index contributed by atoms with van der Waals surface area (Å²) in [5.41, 5.74) is 2.68. The summed E-state index contributed by atoms with van der Waals surface area (Å²) >= 11 is 0. The highest BCUT2D eigenvalue weighted by atomic mass is 16.6. The van der Waals surface area contributed by atoms with E-state index in [1.165, 1.54) is 0 Å². The number of methoxy groups -OCH3 is 2. The van der Waals surface area contributed by atoms with Crippen molar-refractivity contribution in [2.75, 3.05) is 20.8 Å². The Bertz CT molecular complexity index is 933. The molecular weight excluding hydrogens is 392 g/mol. The molecule has 0 fully saturated rings. The zero-order valence-corrected chi connectivity index (χ0v) is 19.1. The molecule has 31 heavy (non-hydrogen) atoms. The molecule has 166 valence electrons. The number of amides is 1. The lowest BCUT2D eigenvalue weighted by Gasteiger charge is -2.28. The minimum absolute atomic E-state index is 0.0979. The second kappa shape index (κ2) is 9.86. The molecule has 2 aromatic carbocycles. The predicted molar refractivity (Wildman–Crippen MR) is 122 cm³/mol. The summed E-state index contributed by atoms with van der Waals surface area (Å²) < 4.78 is 10.8. The van der Waals surface area contributed by atoms with Crippen LogP contribution in [0.3, 0.4) is 0 Å². The van der Waals surface area contributed by atoms with Gasteiger partial charge in [-0.15, -0.1) is 0 Å². The fraction of sp³-hybridized carbons (Fsp3) is 0.440. The third kappa shape index (κ3) is 6.23. The summed E-state index contributed by atoms with van der Waals surface area (Å²) in [6.07, 6.45) is 0.885. The Morgan fingerprint density at radius 2 is 1.90 bits per heavy atom. The summed E-state index contributed by atoms with van der Waals surface area (Å²) in [6, 6.07) is 15.6. The van der Waals surface area contributed by atoms with Gasteiger partial charge in [0, 0.05) is 24.9 Å². The van der Waals surface area contributed by atoms with Crippen LogP contribution < -0.4 is 9.47 Å². The van der Waals surface area contributed by atoms with E-state index in [2.05, 4.69) is 25.9 Å². The van der Waals surface area contributed by atoms with Gasteiger partial charge in [-0.25, -0.2) is 0 Å². The molecule has 0 aromatic heterocycles. The third-order valence-corrected chi connectivity index (χ3v) is 5.12. The van der Waals surface area contributed by atoms with Gasteiger partial charge in [-0.3, -0.25) is 4.79 Å². The van der Waals surface area contributed by atoms with E-state index in [-0.39, 0.29) is 17.4 Å². The molecule has 0 N–H and O–H groups in total. The number of para-hydroxylation sites is 1. The summed E-state index contributed by atoms with van der Waals surface area (Å²) in [7, 11) is 3.29. The van der Waals surface area contributed by atoms with E-state index in [1.54, 1.807) is 14.2 Å². The second-order valence-electron chi connectivity index (χ2n) is 9.03. The van der Waals surface area contributed by atoms with Crippen molar-refractivity contribution in [3.8, 4) is 11.5 Å². The van der Waals surface area contributed by atoms with Crippen molar-refractivity contribution >= 4 is 11.6 Å². The Balaban J connectivity index is 1.73. The molecule has 0 bridgehead atoms. The van der Waals surface area contributed by atoms with Gasteiger partial charge in [0.25, 0.3) is 0 Å². The van der Waals surface area contributed by atoms with Gasteiger partial charge in [-0.05, 0) is 35.2 Å². The van der Waals surface area contributed by atoms with Crippen molar-refractivity contribution in [2.45, 2.75) is 46.3 Å². The number of hydrogen-bond acceptors (Lipinski definition) is 5. The van der Waals surface area contributed by atoms with Crippen molar-refractivity contribution in [3.05, 3.63) is 59.7 Å². The summed E-state index contributed by atoms with van der Waals surface area (Å²) in [5.74, 6) is 1.65. The van der Waals surface area contributed by atoms with Gasteiger partial charge >= 0.3 is 0 Å². The van der Waals surface area contributed by atoms with Crippen LogP contribution in [0.2, 0.25) is 0 Å². The number of carbonyl (C=O) groups is 1. The van der Waals surface area contributed by atoms with Crippen LogP contribution in [0.5, 0.6) is 11.5 Å². The number of benzene rings is 2. The molecule has 1 atom stereocenters. The van der Waals surface area contributed by atoms with Crippen molar-refractivity contribution in [1.29, 1.82) is 0 Å². The summed E-state index contributed by atoms with van der Waals surface area (Å²) in [5, 5.41) is 4.30. The molecule has 0 radical (unpaired) electrons. The highest BCUT2D eigenvalue weighted by Crippen LogP contribution is 2.27. The maximum absolute atomic E-state index is 13.1. The maximum atomic E-state index is 13.1. The molecule has 1 heterocycles. The van der Waals surface area contributed by atoms with Gasteiger partial charge in [0.05, 0.1) is 26.5 Å². The molecular formula is C25H32N2O4. The topological polar surface area (TPSA) is 60.4 Å². The second-order valence-corrected chi connectivity index (χ2v) is 9.03. The highest BCUT2D eigenvalue weighted by molar-refractivity contribution is 6.03. The van der Waals surface area contributed by atoms with Gasteiger partial charge in [0.2, 0.25) is 5.91 Å². The van der Waals surface area contributed by atoms with Crippen LogP contribution in [0.4, 0.5) is 0 Å². The molecule has 6 heteroatoms. The Morgan fingerprint density at radius 1 is 1.13 bits per heavy atom. The van der Waals surface area contributed by atoms with Crippen molar-refractivity contribution in [3.63, 3.8) is 0 Å². The zero-order chi connectivity index (χ0) is 22.4. The van der Waals surface area contributed by atoms with Gasteiger partial charge in [-0.2, -0.15) is 0 Å². The van der Waals surface area contributed by atoms with E-state index in [9.17, 15) is 4.79 Å². The first kappa shape index (κ1) is 22.7. The van der Waals surface area contributed by atoms with Crippen LogP contribution in [0.15, 0.2) is 53.7 Å². The van der Waals surface area contributed by atoms with Gasteiger partial charge in [0.1, 0.15) is 11.5 Å². The Labute approximate surface area is 184 Å². The molecule has 1 aliphatic heterocycles. The van der Waals surface area contributed by atoms with E-state index >= 15 is 0 Å². The van der Waals surface area contributed by atoms with E-state index < -0.39 is 0 Å². The standard InChI is InChI=1S/C25H32N2O4/c1-25(2,3)15-24(28)27(16-18-9-8-10-19(13-18)29-4)17-20-14-22(26-31-20)21-11-6-7-12-23(21)30-5/h6-13,20H,14-17H2,1-5H3/t20-/m0/s1. The Hall–Kier alpha value is -3.02. The van der Waals surface area contributed by atoms with E-state index in [0.29, 0.717) is 25.9 Å². The molecule has 0 aliphatic carbocycles. The normalized spacial score (nSPS) is 15.8. The van der Waals surface area contributed by atoms with Crippen LogP contribution in [-0.4, -0.2) is 43.4 Å². The van der Waals surface area contributed by atoms with Crippen molar-refractivity contribution in [1.82, 2.24) is 4.90 Å². The van der Waals surface area contributed by atoms with Crippen LogP contribution in [0.1, 0.15) is 44.7 Å². The van der Waals surface area contributed by atoms with Crippen LogP contribution in [0.25, 0.3) is 0 Å². The maximum Gasteiger partial charge on any atom is 0.223 e. The first-order valence-electron chi connectivity index (χ1n) is 10.6. The number of oxime groups is 1. The molecule has 1 amide bonds. The largest absolute Gasteiger partial charge is 0.497 e. The van der Waals surface area contributed by atoms with Crippen molar-refractivity contribution in [2.24, 2.45) is 10.6 Å². The van der Waals surface area contributed by atoms with E-state index in [0.717, 1.165) is 28.3 Å². The first-order valence-corrected chi connectivity index (χ1v) is 10.6. The van der Waals surface area contributed by atoms with Crippen molar-refractivity contribution < 1.29 is 19.1 Å². The number of ether oxygens (including phenoxy) is 2. The molecule has 0 saturated carbocycles. The fourth-order valence-corrected chi connectivity index (χ4v) is 3.63. The predicted octanol–water partition coefficient (Wildman–Crippen LogP) is 4.66. The summed E-state index contributed by atoms with van der Waals surface area (Å²) in [4.78, 5) is 20.7. The number of rotatable bonds is 8. The van der Waals surface area contributed by atoms with E-state index in [4.69, 9.17) is 14.3 Å². The molecule has 1 aliphatic rings. The molecule has 0 saturated heterocycles. The van der Waals surface area contributed by atoms with Crippen LogP contribution in [0, 0.1) is 5.41 Å². The quantitative estimate of drug-likeness (QED) is 0.618. The SMILES string of the molecule is COc1cccc(CN(C[C@@H]2CC(c3ccccc3OC)=NO2)C(=O)CC(C)(C)C)c1. The average molecular weight is 425 g/mol. The molecule has 2 aromatic rings. The van der Waals surface area contributed by atoms with Gasteiger partial charge < -0.3 is 19.2 Å². The Kier molecular flexibility index (Phi) is 7.21. The van der Waals surface area contributed by atoms with Crippen LogP contribution in [-0.2, 0) is 16.2 Å². The number of nitrogens with zero attached hydrogens (tertiary/aromatic N) is 2. The highest BCUT2D eigenvalue weighted by Gasteiger charge is 2.29. The smallest absolute Gasteiger partial charge is 0.223 e. The minimum atomic E-state index is -0.200. The number of carbonyl (C=O) groups excluding carboxylic acids is 1.